The molecular formula is C19H24N2O. The van der Waals surface area contributed by atoms with Crippen LogP contribution in [0.25, 0.3) is 0 Å². The second kappa shape index (κ2) is 7.03. The van der Waals surface area contributed by atoms with E-state index in [0.29, 0.717) is 5.92 Å². The Morgan fingerprint density at radius 1 is 1.14 bits per heavy atom. The molecule has 116 valence electrons. The van der Waals surface area contributed by atoms with E-state index in [1.807, 2.05) is 42.6 Å². The molecule has 1 aromatic carbocycles. The third-order valence-electron chi connectivity index (χ3n) is 4.73. The van der Waals surface area contributed by atoms with Crippen molar-refractivity contribution in [2.24, 2.45) is 5.92 Å². The summed E-state index contributed by atoms with van der Waals surface area (Å²) in [5.41, 5.74) is 3.47. The molecule has 1 saturated heterocycles. The molecule has 0 radical (unpaired) electrons. The number of aromatic nitrogens is 1. The van der Waals surface area contributed by atoms with Crippen molar-refractivity contribution in [3.05, 3.63) is 65.5 Å². The van der Waals surface area contributed by atoms with Gasteiger partial charge in [-0.3, -0.25) is 9.88 Å². The van der Waals surface area contributed by atoms with E-state index in [-0.39, 0.29) is 6.10 Å². The molecule has 2 aromatic rings. The summed E-state index contributed by atoms with van der Waals surface area (Å²) in [6, 6.07) is 14.2. The van der Waals surface area contributed by atoms with Crippen LogP contribution in [0.2, 0.25) is 0 Å². The molecule has 1 unspecified atom stereocenters. The Bertz CT molecular complexity index is 591. The van der Waals surface area contributed by atoms with Crippen molar-refractivity contribution < 1.29 is 5.11 Å². The van der Waals surface area contributed by atoms with Gasteiger partial charge in [0.25, 0.3) is 0 Å². The van der Waals surface area contributed by atoms with Gasteiger partial charge in [0.2, 0.25) is 0 Å². The van der Waals surface area contributed by atoms with E-state index >= 15 is 0 Å². The highest BCUT2D eigenvalue weighted by Gasteiger charge is 2.26. The molecular weight excluding hydrogens is 272 g/mol. The molecule has 0 spiro atoms. The molecule has 1 fully saturated rings. The lowest BCUT2D eigenvalue weighted by atomic mass is 9.87. The standard InChI is InChI=1S/C19H24N2O/c1-15-18(8-5-11-20-15)14-21-12-9-17(10-13-21)19(22)16-6-3-2-4-7-16/h2-8,11,17,19,22H,9-10,12-14H2,1H3. The van der Waals surface area contributed by atoms with Crippen LogP contribution in [0.4, 0.5) is 0 Å². The molecule has 0 aliphatic carbocycles. The molecule has 3 rings (SSSR count). The SMILES string of the molecule is Cc1ncccc1CN1CCC(C(O)c2ccccc2)CC1. The number of likely N-dealkylation sites (tertiary alicyclic amines) is 1. The fraction of sp³-hybridized carbons (Fsp3) is 0.421. The summed E-state index contributed by atoms with van der Waals surface area (Å²) >= 11 is 0. The summed E-state index contributed by atoms with van der Waals surface area (Å²) in [7, 11) is 0. The van der Waals surface area contributed by atoms with Crippen LogP contribution >= 0.6 is 0 Å². The second-order valence-corrected chi connectivity index (χ2v) is 6.22. The van der Waals surface area contributed by atoms with E-state index in [0.717, 1.165) is 43.7 Å². The Labute approximate surface area is 132 Å². The zero-order valence-corrected chi connectivity index (χ0v) is 13.2. The number of hydrogen-bond donors (Lipinski definition) is 1. The first-order valence-corrected chi connectivity index (χ1v) is 8.10. The van der Waals surface area contributed by atoms with E-state index in [4.69, 9.17) is 0 Å². The maximum absolute atomic E-state index is 10.5. The van der Waals surface area contributed by atoms with Crippen LogP contribution in [-0.4, -0.2) is 28.1 Å². The Kier molecular flexibility index (Phi) is 4.86. The van der Waals surface area contributed by atoms with Crippen molar-refractivity contribution in [2.75, 3.05) is 13.1 Å². The topological polar surface area (TPSA) is 36.4 Å². The van der Waals surface area contributed by atoms with E-state index in [1.54, 1.807) is 0 Å². The second-order valence-electron chi connectivity index (χ2n) is 6.22. The van der Waals surface area contributed by atoms with Gasteiger partial charge in [0.05, 0.1) is 6.10 Å². The number of pyridine rings is 1. The number of aryl methyl sites for hydroxylation is 1. The average molecular weight is 296 g/mol. The molecule has 0 saturated carbocycles. The fourth-order valence-electron chi connectivity index (χ4n) is 3.27. The maximum Gasteiger partial charge on any atom is 0.0819 e. The van der Waals surface area contributed by atoms with Crippen LogP contribution in [0.15, 0.2) is 48.7 Å². The summed E-state index contributed by atoms with van der Waals surface area (Å²) in [4.78, 5) is 6.83. The lowest BCUT2D eigenvalue weighted by Crippen LogP contribution is -2.35. The number of benzene rings is 1. The number of aliphatic hydroxyl groups excluding tert-OH is 1. The lowest BCUT2D eigenvalue weighted by molar-refractivity contribution is 0.0567. The quantitative estimate of drug-likeness (QED) is 0.940. The number of piperidine rings is 1. The number of rotatable bonds is 4. The highest BCUT2D eigenvalue weighted by molar-refractivity contribution is 5.19. The third-order valence-corrected chi connectivity index (χ3v) is 4.73. The summed E-state index contributed by atoms with van der Waals surface area (Å²) in [5, 5.41) is 10.5. The van der Waals surface area contributed by atoms with E-state index in [2.05, 4.69) is 22.9 Å². The van der Waals surface area contributed by atoms with Gasteiger partial charge in [0.15, 0.2) is 0 Å². The van der Waals surface area contributed by atoms with Gasteiger partial charge >= 0.3 is 0 Å². The molecule has 0 amide bonds. The van der Waals surface area contributed by atoms with Gasteiger partial charge in [-0.25, -0.2) is 0 Å². The Hall–Kier alpha value is -1.71. The van der Waals surface area contributed by atoms with Gasteiger partial charge in [0.1, 0.15) is 0 Å². The fourth-order valence-corrected chi connectivity index (χ4v) is 3.27. The van der Waals surface area contributed by atoms with Crippen molar-refractivity contribution in [3.63, 3.8) is 0 Å². The molecule has 1 aromatic heterocycles. The van der Waals surface area contributed by atoms with Crippen molar-refractivity contribution in [2.45, 2.75) is 32.4 Å². The number of hydrogen-bond acceptors (Lipinski definition) is 3. The first kappa shape index (κ1) is 15.2. The summed E-state index contributed by atoms with van der Waals surface area (Å²) in [5.74, 6) is 0.369. The van der Waals surface area contributed by atoms with Gasteiger partial charge in [-0.1, -0.05) is 36.4 Å². The first-order chi connectivity index (χ1) is 10.7. The highest BCUT2D eigenvalue weighted by Crippen LogP contribution is 2.31. The zero-order chi connectivity index (χ0) is 15.4. The Morgan fingerprint density at radius 2 is 1.86 bits per heavy atom. The van der Waals surface area contributed by atoms with E-state index in [9.17, 15) is 5.11 Å². The number of nitrogens with zero attached hydrogens (tertiary/aromatic N) is 2. The van der Waals surface area contributed by atoms with Gasteiger partial charge in [-0.2, -0.15) is 0 Å². The van der Waals surface area contributed by atoms with Gasteiger partial charge in [0, 0.05) is 18.4 Å². The number of aliphatic hydroxyl groups is 1. The highest BCUT2D eigenvalue weighted by atomic mass is 16.3. The van der Waals surface area contributed by atoms with Crippen LogP contribution in [0.5, 0.6) is 0 Å². The van der Waals surface area contributed by atoms with Crippen LogP contribution in [0.1, 0.15) is 35.8 Å². The predicted molar refractivity (Wildman–Crippen MR) is 88.4 cm³/mol. The molecule has 0 bridgehead atoms. The van der Waals surface area contributed by atoms with Crippen molar-refractivity contribution in [1.29, 1.82) is 0 Å². The molecule has 2 heterocycles. The summed E-state index contributed by atoms with van der Waals surface area (Å²) in [6.45, 7) is 5.13. The summed E-state index contributed by atoms with van der Waals surface area (Å²) < 4.78 is 0. The Morgan fingerprint density at radius 3 is 2.55 bits per heavy atom. The molecule has 1 atom stereocenters. The van der Waals surface area contributed by atoms with Crippen molar-refractivity contribution in [1.82, 2.24) is 9.88 Å². The molecule has 1 aliphatic heterocycles. The summed E-state index contributed by atoms with van der Waals surface area (Å²) in [6.07, 6.45) is 3.62. The molecule has 1 aliphatic rings. The molecule has 1 N–H and O–H groups in total. The van der Waals surface area contributed by atoms with Gasteiger partial charge in [-0.05, 0) is 56.0 Å². The van der Waals surface area contributed by atoms with Crippen LogP contribution in [0.3, 0.4) is 0 Å². The first-order valence-electron chi connectivity index (χ1n) is 8.10. The predicted octanol–water partition coefficient (Wildman–Crippen LogP) is 3.34. The van der Waals surface area contributed by atoms with Crippen LogP contribution < -0.4 is 0 Å². The van der Waals surface area contributed by atoms with Crippen LogP contribution in [-0.2, 0) is 6.54 Å². The normalized spacial score (nSPS) is 18.3. The van der Waals surface area contributed by atoms with Crippen molar-refractivity contribution >= 4 is 0 Å². The largest absolute Gasteiger partial charge is 0.388 e. The minimum absolute atomic E-state index is 0.330. The Balaban J connectivity index is 1.55. The van der Waals surface area contributed by atoms with E-state index in [1.165, 1.54) is 5.56 Å². The van der Waals surface area contributed by atoms with Gasteiger partial charge < -0.3 is 5.11 Å². The van der Waals surface area contributed by atoms with Crippen molar-refractivity contribution in [3.8, 4) is 0 Å². The van der Waals surface area contributed by atoms with E-state index < -0.39 is 0 Å². The molecule has 3 heteroatoms. The minimum Gasteiger partial charge on any atom is -0.388 e. The third kappa shape index (κ3) is 3.54. The molecule has 22 heavy (non-hydrogen) atoms. The average Bonchev–Trinajstić information content (AvgIpc) is 2.58. The maximum atomic E-state index is 10.5. The van der Waals surface area contributed by atoms with Crippen LogP contribution in [0, 0.1) is 12.8 Å². The molecule has 3 nitrogen and oxygen atoms in total. The smallest absolute Gasteiger partial charge is 0.0819 e. The minimum atomic E-state index is -0.330. The van der Waals surface area contributed by atoms with Gasteiger partial charge in [-0.15, -0.1) is 0 Å². The lowest BCUT2D eigenvalue weighted by Gasteiger charge is -2.34. The zero-order valence-electron chi connectivity index (χ0n) is 13.2. The monoisotopic (exact) mass is 296 g/mol.